The molecule has 2 N–H and O–H groups in total. The van der Waals surface area contributed by atoms with Crippen LogP contribution in [0.3, 0.4) is 0 Å². The van der Waals surface area contributed by atoms with Gasteiger partial charge in [0.25, 0.3) is 0 Å². The number of sulfonamides is 1. The Hall–Kier alpha value is -0.830. The lowest BCUT2D eigenvalue weighted by Crippen LogP contribution is -2.32. The molecule has 3 rings (SSSR count). The predicted molar refractivity (Wildman–Crippen MR) is 70.4 cm³/mol. The van der Waals surface area contributed by atoms with E-state index in [4.69, 9.17) is 11.6 Å². The minimum Gasteiger partial charge on any atom is -0.316 e. The quantitative estimate of drug-likeness (QED) is 0.883. The maximum Gasteiger partial charge on any atom is 0.416 e. The first-order valence-corrected chi connectivity index (χ1v) is 8.16. The average Bonchev–Trinajstić information content (AvgIpc) is 2.82. The van der Waals surface area contributed by atoms with Gasteiger partial charge in [-0.15, -0.1) is 0 Å². The molecule has 1 heterocycles. The molecule has 1 aliphatic heterocycles. The fraction of sp³-hybridized carbons (Fsp3) is 0.500. The number of benzene rings is 1. The Morgan fingerprint density at radius 1 is 1.24 bits per heavy atom. The van der Waals surface area contributed by atoms with E-state index in [1.807, 2.05) is 0 Å². The number of hydrogen-bond donors (Lipinski definition) is 2. The van der Waals surface area contributed by atoms with Crippen molar-refractivity contribution in [3.05, 3.63) is 28.8 Å². The van der Waals surface area contributed by atoms with Gasteiger partial charge in [0.1, 0.15) is 4.90 Å². The molecule has 1 aromatic carbocycles. The number of halogens is 4. The molecule has 4 nitrogen and oxygen atoms in total. The molecule has 2 fully saturated rings. The van der Waals surface area contributed by atoms with Crippen LogP contribution in [0, 0.1) is 11.8 Å². The van der Waals surface area contributed by atoms with Crippen molar-refractivity contribution in [2.75, 3.05) is 13.1 Å². The summed E-state index contributed by atoms with van der Waals surface area (Å²) in [4.78, 5) is -0.531. The third kappa shape index (κ3) is 2.77. The van der Waals surface area contributed by atoms with Crippen molar-refractivity contribution in [2.24, 2.45) is 11.8 Å². The van der Waals surface area contributed by atoms with Crippen LogP contribution in [0.1, 0.15) is 5.56 Å². The third-order valence-corrected chi connectivity index (χ3v) is 5.87. The van der Waals surface area contributed by atoms with E-state index in [-0.39, 0.29) is 22.9 Å². The molecule has 9 heteroatoms. The Labute approximate surface area is 124 Å². The van der Waals surface area contributed by atoms with Gasteiger partial charge in [0.2, 0.25) is 10.0 Å². The summed E-state index contributed by atoms with van der Waals surface area (Å²) >= 11 is 5.76. The lowest BCUT2D eigenvalue weighted by Gasteiger charge is -2.13. The van der Waals surface area contributed by atoms with Crippen molar-refractivity contribution in [3.8, 4) is 0 Å². The highest BCUT2D eigenvalue weighted by molar-refractivity contribution is 7.89. The van der Waals surface area contributed by atoms with Crippen LogP contribution in [0.2, 0.25) is 5.02 Å². The molecule has 0 bridgehead atoms. The Morgan fingerprint density at radius 3 is 2.43 bits per heavy atom. The van der Waals surface area contributed by atoms with E-state index in [1.54, 1.807) is 0 Å². The van der Waals surface area contributed by atoms with Crippen LogP contribution < -0.4 is 10.0 Å². The molecule has 116 valence electrons. The lowest BCUT2D eigenvalue weighted by molar-refractivity contribution is -0.137. The highest BCUT2D eigenvalue weighted by atomic mass is 35.5. The summed E-state index contributed by atoms with van der Waals surface area (Å²) in [7, 11) is -4.06. The summed E-state index contributed by atoms with van der Waals surface area (Å²) in [5.74, 6) is 0.425. The predicted octanol–water partition coefficient (Wildman–Crippen LogP) is 1.85. The van der Waals surface area contributed by atoms with Crippen LogP contribution in [-0.4, -0.2) is 27.5 Å². The van der Waals surface area contributed by atoms with Gasteiger partial charge in [0.05, 0.1) is 10.6 Å². The lowest BCUT2D eigenvalue weighted by atomic mass is 10.2. The Balaban J connectivity index is 1.88. The molecule has 1 aromatic rings. The van der Waals surface area contributed by atoms with Crippen molar-refractivity contribution in [2.45, 2.75) is 17.1 Å². The molecule has 0 amide bonds. The zero-order valence-electron chi connectivity index (χ0n) is 10.6. The second-order valence-electron chi connectivity index (χ2n) is 5.28. The normalized spacial score (nSPS) is 28.5. The Kier molecular flexibility index (Phi) is 3.47. The van der Waals surface area contributed by atoms with Gasteiger partial charge in [0, 0.05) is 6.04 Å². The fourth-order valence-electron chi connectivity index (χ4n) is 2.72. The van der Waals surface area contributed by atoms with E-state index < -0.39 is 26.7 Å². The van der Waals surface area contributed by atoms with Crippen LogP contribution in [-0.2, 0) is 16.2 Å². The maximum absolute atomic E-state index is 12.7. The van der Waals surface area contributed by atoms with Crippen molar-refractivity contribution in [1.29, 1.82) is 0 Å². The summed E-state index contributed by atoms with van der Waals surface area (Å²) in [5, 5.41) is 2.89. The van der Waals surface area contributed by atoms with E-state index in [0.29, 0.717) is 19.2 Å². The molecular weight excluding hydrogens is 329 g/mol. The standard InChI is InChI=1S/C12H12ClF3N2O2S/c13-9-2-1-6(12(14,15)16)3-10(9)21(19,20)18-11-7-4-17-5-8(7)11/h1-3,7-8,11,17-18H,4-5H2. The van der Waals surface area contributed by atoms with Gasteiger partial charge in [-0.1, -0.05) is 11.6 Å². The van der Waals surface area contributed by atoms with Crippen molar-refractivity contribution in [1.82, 2.24) is 10.0 Å². The maximum atomic E-state index is 12.7. The molecule has 21 heavy (non-hydrogen) atoms. The summed E-state index contributed by atoms with van der Waals surface area (Å²) in [6, 6.07) is 2.06. The van der Waals surface area contributed by atoms with Gasteiger partial charge in [-0.05, 0) is 43.1 Å². The summed E-state index contributed by atoms with van der Waals surface area (Å²) in [5.41, 5.74) is -1.04. The van der Waals surface area contributed by atoms with Crippen LogP contribution in [0.25, 0.3) is 0 Å². The number of rotatable bonds is 3. The highest BCUT2D eigenvalue weighted by Crippen LogP contribution is 2.43. The molecule has 2 unspecified atom stereocenters. The van der Waals surface area contributed by atoms with Crippen molar-refractivity contribution < 1.29 is 21.6 Å². The number of nitrogens with one attached hydrogen (secondary N) is 2. The minimum absolute atomic E-state index is 0.212. The third-order valence-electron chi connectivity index (χ3n) is 3.93. The molecule has 0 spiro atoms. The molecule has 0 aromatic heterocycles. The second kappa shape index (κ2) is 4.84. The first-order chi connectivity index (χ1) is 9.70. The molecule has 0 radical (unpaired) electrons. The van der Waals surface area contributed by atoms with Gasteiger partial charge in [-0.25, -0.2) is 13.1 Å². The Bertz CT molecular complexity index is 668. The molecule has 2 aliphatic rings. The van der Waals surface area contributed by atoms with E-state index >= 15 is 0 Å². The fourth-order valence-corrected chi connectivity index (χ4v) is 4.59. The molecular formula is C12H12ClF3N2O2S. The SMILES string of the molecule is O=S(=O)(NC1C2CNCC21)c1cc(C(F)(F)F)ccc1Cl. The van der Waals surface area contributed by atoms with Gasteiger partial charge >= 0.3 is 6.18 Å². The van der Waals surface area contributed by atoms with Gasteiger partial charge in [0.15, 0.2) is 0 Å². The highest BCUT2D eigenvalue weighted by Gasteiger charge is 2.54. The van der Waals surface area contributed by atoms with Gasteiger partial charge in [-0.3, -0.25) is 0 Å². The number of piperidine rings is 1. The van der Waals surface area contributed by atoms with Crippen molar-refractivity contribution in [3.63, 3.8) is 0 Å². The summed E-state index contributed by atoms with van der Waals surface area (Å²) < 4.78 is 65.0. The summed E-state index contributed by atoms with van der Waals surface area (Å²) in [6.07, 6.45) is -4.62. The van der Waals surface area contributed by atoms with Crippen molar-refractivity contribution >= 4 is 21.6 Å². The number of hydrogen-bond acceptors (Lipinski definition) is 3. The smallest absolute Gasteiger partial charge is 0.316 e. The van der Waals surface area contributed by atoms with E-state index in [0.717, 1.165) is 12.1 Å². The topological polar surface area (TPSA) is 58.2 Å². The zero-order chi connectivity index (χ0) is 15.4. The van der Waals surface area contributed by atoms with E-state index in [9.17, 15) is 21.6 Å². The Morgan fingerprint density at radius 2 is 1.86 bits per heavy atom. The van der Waals surface area contributed by atoms with Gasteiger partial charge < -0.3 is 5.32 Å². The zero-order valence-corrected chi connectivity index (χ0v) is 12.2. The van der Waals surface area contributed by atoms with Gasteiger partial charge in [-0.2, -0.15) is 13.2 Å². The second-order valence-corrected chi connectivity index (χ2v) is 7.37. The van der Waals surface area contributed by atoms with Crippen LogP contribution >= 0.6 is 11.6 Å². The summed E-state index contributed by atoms with van der Waals surface area (Å²) in [6.45, 7) is 1.43. The first-order valence-electron chi connectivity index (χ1n) is 6.30. The molecule has 1 saturated carbocycles. The van der Waals surface area contributed by atoms with E-state index in [2.05, 4.69) is 10.0 Å². The molecule has 1 aliphatic carbocycles. The molecule has 2 atom stereocenters. The van der Waals surface area contributed by atoms with E-state index in [1.165, 1.54) is 0 Å². The van der Waals surface area contributed by atoms with Crippen LogP contribution in [0.15, 0.2) is 23.1 Å². The molecule has 1 saturated heterocycles. The number of fused-ring (bicyclic) bond motifs is 1. The average molecular weight is 341 g/mol. The largest absolute Gasteiger partial charge is 0.416 e. The minimum atomic E-state index is -4.62. The van der Waals surface area contributed by atoms with Crippen LogP contribution in [0.5, 0.6) is 0 Å². The van der Waals surface area contributed by atoms with Crippen LogP contribution in [0.4, 0.5) is 13.2 Å². The monoisotopic (exact) mass is 340 g/mol. The number of alkyl halides is 3. The first kappa shape index (κ1) is 15.1.